The molecule has 0 amide bonds. The molecular weight excluding hydrogens is 268 g/mol. The Labute approximate surface area is 111 Å². The predicted octanol–water partition coefficient (Wildman–Crippen LogP) is 1.58. The van der Waals surface area contributed by atoms with E-state index < -0.39 is 16.6 Å². The molecule has 2 heterocycles. The lowest BCUT2D eigenvalue weighted by Gasteiger charge is -2.07. The first-order chi connectivity index (χ1) is 8.95. The quantitative estimate of drug-likeness (QED) is 0.888. The Kier molecular flexibility index (Phi) is 3.59. The van der Waals surface area contributed by atoms with E-state index in [9.17, 15) is 13.5 Å². The Morgan fingerprint density at radius 1 is 1.32 bits per heavy atom. The van der Waals surface area contributed by atoms with Crippen LogP contribution in [0.5, 0.6) is 0 Å². The van der Waals surface area contributed by atoms with Crippen molar-refractivity contribution in [2.45, 2.75) is 25.3 Å². The van der Waals surface area contributed by atoms with E-state index >= 15 is 0 Å². The zero-order valence-corrected chi connectivity index (χ0v) is 11.4. The van der Waals surface area contributed by atoms with Gasteiger partial charge in [-0.25, -0.2) is 13.4 Å². The number of aryl methyl sites for hydroxylation is 2. The molecule has 0 aliphatic heterocycles. The van der Waals surface area contributed by atoms with Gasteiger partial charge in [0.05, 0.1) is 6.61 Å². The average molecular weight is 282 g/mol. The Morgan fingerprint density at radius 3 is 2.63 bits per heavy atom. The standard InChI is InChI=1S/C12H14N2O4S/c1-8-10(7-15)12(9(2)18-8)19(16,17)14-11-5-3-4-6-13-11/h3-6,15H,7H2,1-2H3,(H,13,14). The van der Waals surface area contributed by atoms with Crippen molar-refractivity contribution < 1.29 is 17.9 Å². The molecule has 0 aliphatic carbocycles. The van der Waals surface area contributed by atoms with E-state index in [1.165, 1.54) is 6.20 Å². The molecule has 102 valence electrons. The second-order valence-electron chi connectivity index (χ2n) is 4.00. The summed E-state index contributed by atoms with van der Waals surface area (Å²) in [5, 5.41) is 9.27. The van der Waals surface area contributed by atoms with Crippen LogP contribution < -0.4 is 4.72 Å². The van der Waals surface area contributed by atoms with E-state index in [1.807, 2.05) is 0 Å². The minimum Gasteiger partial charge on any atom is -0.465 e. The number of furan rings is 1. The number of hydrogen-bond acceptors (Lipinski definition) is 5. The van der Waals surface area contributed by atoms with Gasteiger partial charge in [0, 0.05) is 11.8 Å². The number of aliphatic hydroxyl groups excluding tert-OH is 1. The maximum Gasteiger partial charge on any atom is 0.266 e. The summed E-state index contributed by atoms with van der Waals surface area (Å²) in [6.07, 6.45) is 1.48. The van der Waals surface area contributed by atoms with E-state index in [1.54, 1.807) is 32.0 Å². The molecule has 0 saturated carbocycles. The lowest BCUT2D eigenvalue weighted by molar-refractivity contribution is 0.276. The second kappa shape index (κ2) is 5.02. The molecule has 7 heteroatoms. The van der Waals surface area contributed by atoms with Crippen molar-refractivity contribution >= 4 is 15.8 Å². The molecule has 2 aromatic rings. The monoisotopic (exact) mass is 282 g/mol. The van der Waals surface area contributed by atoms with Crippen LogP contribution in [-0.2, 0) is 16.6 Å². The van der Waals surface area contributed by atoms with Gasteiger partial charge in [0.15, 0.2) is 0 Å². The largest absolute Gasteiger partial charge is 0.465 e. The van der Waals surface area contributed by atoms with Crippen LogP contribution in [0.4, 0.5) is 5.82 Å². The molecule has 2 N–H and O–H groups in total. The average Bonchev–Trinajstić information content (AvgIpc) is 2.64. The van der Waals surface area contributed by atoms with E-state index in [0.29, 0.717) is 5.76 Å². The normalized spacial score (nSPS) is 11.5. The molecule has 0 bridgehead atoms. The minimum absolute atomic E-state index is 0.0295. The van der Waals surface area contributed by atoms with Gasteiger partial charge < -0.3 is 9.52 Å². The number of pyridine rings is 1. The van der Waals surface area contributed by atoms with Crippen molar-refractivity contribution in [3.63, 3.8) is 0 Å². The van der Waals surface area contributed by atoms with Gasteiger partial charge in [0.2, 0.25) is 0 Å². The molecule has 0 unspecified atom stereocenters. The molecule has 0 radical (unpaired) electrons. The molecule has 0 spiro atoms. The van der Waals surface area contributed by atoms with E-state index in [2.05, 4.69) is 9.71 Å². The SMILES string of the molecule is Cc1oc(C)c(S(=O)(=O)Nc2ccccn2)c1CO. The lowest BCUT2D eigenvalue weighted by Crippen LogP contribution is -2.16. The Bertz CT molecular complexity index is 677. The first kappa shape index (κ1) is 13.6. The van der Waals surface area contributed by atoms with Crippen LogP contribution in [0.2, 0.25) is 0 Å². The molecule has 0 saturated heterocycles. The van der Waals surface area contributed by atoms with Gasteiger partial charge in [0.25, 0.3) is 10.0 Å². The molecule has 2 rings (SSSR count). The summed E-state index contributed by atoms with van der Waals surface area (Å²) in [7, 11) is -3.83. The highest BCUT2D eigenvalue weighted by molar-refractivity contribution is 7.92. The van der Waals surface area contributed by atoms with Crippen molar-refractivity contribution in [2.75, 3.05) is 4.72 Å². The van der Waals surface area contributed by atoms with Gasteiger partial charge in [-0.05, 0) is 26.0 Å². The summed E-state index contributed by atoms with van der Waals surface area (Å²) >= 11 is 0. The van der Waals surface area contributed by atoms with Gasteiger partial charge in [-0.15, -0.1) is 0 Å². The van der Waals surface area contributed by atoms with Crippen molar-refractivity contribution in [3.05, 3.63) is 41.5 Å². The number of nitrogens with one attached hydrogen (secondary N) is 1. The van der Waals surface area contributed by atoms with Gasteiger partial charge >= 0.3 is 0 Å². The van der Waals surface area contributed by atoms with Crippen LogP contribution in [0.25, 0.3) is 0 Å². The predicted molar refractivity (Wildman–Crippen MR) is 69.2 cm³/mol. The number of aliphatic hydroxyl groups is 1. The van der Waals surface area contributed by atoms with Crippen LogP contribution >= 0.6 is 0 Å². The lowest BCUT2D eigenvalue weighted by atomic mass is 10.2. The molecule has 6 nitrogen and oxygen atoms in total. The van der Waals surface area contributed by atoms with E-state index in [4.69, 9.17) is 4.42 Å². The van der Waals surface area contributed by atoms with Crippen LogP contribution in [0, 0.1) is 13.8 Å². The van der Waals surface area contributed by atoms with Gasteiger partial charge in [0.1, 0.15) is 22.2 Å². The molecule has 0 aromatic carbocycles. The minimum atomic E-state index is -3.83. The molecule has 0 fully saturated rings. The number of rotatable bonds is 4. The van der Waals surface area contributed by atoms with Crippen molar-refractivity contribution in [3.8, 4) is 0 Å². The smallest absolute Gasteiger partial charge is 0.266 e. The van der Waals surface area contributed by atoms with Crippen LogP contribution in [0.3, 0.4) is 0 Å². The van der Waals surface area contributed by atoms with E-state index in [-0.39, 0.29) is 22.0 Å². The van der Waals surface area contributed by atoms with E-state index in [0.717, 1.165) is 0 Å². The fraction of sp³-hybridized carbons (Fsp3) is 0.250. The molecule has 0 aliphatic rings. The second-order valence-corrected chi connectivity index (χ2v) is 5.62. The first-order valence-electron chi connectivity index (χ1n) is 5.59. The topological polar surface area (TPSA) is 92.4 Å². The first-order valence-corrected chi connectivity index (χ1v) is 7.07. The Morgan fingerprint density at radius 2 is 2.05 bits per heavy atom. The third-order valence-electron chi connectivity index (χ3n) is 2.66. The summed E-state index contributed by atoms with van der Waals surface area (Å²) in [5.41, 5.74) is 0.265. The number of aromatic nitrogens is 1. The Hall–Kier alpha value is -1.86. The van der Waals surface area contributed by atoms with Crippen LogP contribution in [0.15, 0.2) is 33.7 Å². The highest BCUT2D eigenvalue weighted by atomic mass is 32.2. The van der Waals surface area contributed by atoms with Crippen molar-refractivity contribution in [1.29, 1.82) is 0 Å². The number of hydrogen-bond donors (Lipinski definition) is 2. The number of sulfonamides is 1. The van der Waals surface area contributed by atoms with Crippen LogP contribution in [-0.4, -0.2) is 18.5 Å². The summed E-state index contributed by atoms with van der Waals surface area (Å²) in [5.74, 6) is 0.844. The number of anilines is 1. The molecule has 0 atom stereocenters. The highest BCUT2D eigenvalue weighted by Crippen LogP contribution is 2.27. The highest BCUT2D eigenvalue weighted by Gasteiger charge is 2.26. The van der Waals surface area contributed by atoms with Crippen LogP contribution in [0.1, 0.15) is 17.1 Å². The third kappa shape index (κ3) is 2.61. The van der Waals surface area contributed by atoms with Gasteiger partial charge in [-0.1, -0.05) is 6.07 Å². The van der Waals surface area contributed by atoms with Gasteiger partial charge in [-0.3, -0.25) is 4.72 Å². The fourth-order valence-electron chi connectivity index (χ4n) is 1.86. The zero-order chi connectivity index (χ0) is 14.0. The Balaban J connectivity index is 2.46. The van der Waals surface area contributed by atoms with Gasteiger partial charge in [-0.2, -0.15) is 0 Å². The summed E-state index contributed by atoms with van der Waals surface area (Å²) in [6, 6.07) is 4.90. The summed E-state index contributed by atoms with van der Waals surface area (Å²) in [6.45, 7) is 2.75. The molecule has 19 heavy (non-hydrogen) atoms. The van der Waals surface area contributed by atoms with Crippen molar-refractivity contribution in [2.24, 2.45) is 0 Å². The fourth-order valence-corrected chi connectivity index (χ4v) is 3.31. The third-order valence-corrected chi connectivity index (χ3v) is 4.20. The molecule has 2 aromatic heterocycles. The number of nitrogens with zero attached hydrogens (tertiary/aromatic N) is 1. The maximum absolute atomic E-state index is 12.3. The summed E-state index contributed by atoms with van der Waals surface area (Å²) < 4.78 is 32.2. The molecular formula is C12H14N2O4S. The van der Waals surface area contributed by atoms with Crippen molar-refractivity contribution in [1.82, 2.24) is 4.98 Å². The maximum atomic E-state index is 12.3. The summed E-state index contributed by atoms with van der Waals surface area (Å²) in [4.78, 5) is 3.87. The zero-order valence-electron chi connectivity index (χ0n) is 10.5.